The Balaban J connectivity index is 2.43. The molecular weight excluding hydrogens is 426 g/mol. The molecule has 1 atom stereocenters. The highest BCUT2D eigenvalue weighted by molar-refractivity contribution is 7.92. The molecule has 0 unspecified atom stereocenters. The van der Waals surface area contributed by atoms with Gasteiger partial charge in [0.1, 0.15) is 12.6 Å². The molecule has 0 aromatic heterocycles. The summed E-state index contributed by atoms with van der Waals surface area (Å²) in [6, 6.07) is 13.9. The molecule has 8 heteroatoms. The van der Waals surface area contributed by atoms with Crippen molar-refractivity contribution in [2.24, 2.45) is 0 Å². The number of benzene rings is 2. The normalized spacial score (nSPS) is 12.2. The first-order chi connectivity index (χ1) is 15.1. The third kappa shape index (κ3) is 6.56. The summed E-state index contributed by atoms with van der Waals surface area (Å²) in [5.41, 5.74) is 3.30. The fraction of sp³-hybridized carbons (Fsp3) is 0.417. The molecule has 0 saturated carbocycles. The van der Waals surface area contributed by atoms with Gasteiger partial charge in [-0.3, -0.25) is 13.9 Å². The van der Waals surface area contributed by atoms with Gasteiger partial charge in [-0.2, -0.15) is 0 Å². The zero-order chi connectivity index (χ0) is 23.9. The Hall–Kier alpha value is -2.87. The lowest BCUT2D eigenvalue weighted by Gasteiger charge is -2.33. The molecular formula is C24H33N3O4S. The first kappa shape index (κ1) is 25.4. The molecule has 0 bridgehead atoms. The van der Waals surface area contributed by atoms with Crippen LogP contribution in [0.4, 0.5) is 5.69 Å². The molecule has 0 radical (unpaired) electrons. The Morgan fingerprint density at radius 2 is 1.62 bits per heavy atom. The highest BCUT2D eigenvalue weighted by Gasteiger charge is 2.31. The van der Waals surface area contributed by atoms with E-state index in [0.717, 1.165) is 27.3 Å². The molecule has 2 amide bonds. The largest absolute Gasteiger partial charge is 0.355 e. The van der Waals surface area contributed by atoms with E-state index in [1.165, 1.54) is 4.90 Å². The maximum Gasteiger partial charge on any atom is 0.244 e. The molecule has 0 spiro atoms. The van der Waals surface area contributed by atoms with Crippen molar-refractivity contribution in [1.82, 2.24) is 10.2 Å². The van der Waals surface area contributed by atoms with Crippen LogP contribution in [-0.4, -0.2) is 50.5 Å². The number of hydrogen-bond acceptors (Lipinski definition) is 4. The Kier molecular flexibility index (Phi) is 8.83. The quantitative estimate of drug-likeness (QED) is 0.592. The number of nitrogens with one attached hydrogen (secondary N) is 1. The van der Waals surface area contributed by atoms with Crippen LogP contribution in [0.3, 0.4) is 0 Å². The molecule has 0 heterocycles. The van der Waals surface area contributed by atoms with Crippen LogP contribution in [0.5, 0.6) is 0 Å². The number of rotatable bonds is 10. The molecule has 0 aliphatic rings. The van der Waals surface area contributed by atoms with Crippen molar-refractivity contribution >= 4 is 27.5 Å². The third-order valence-corrected chi connectivity index (χ3v) is 6.48. The van der Waals surface area contributed by atoms with Crippen LogP contribution in [0.25, 0.3) is 0 Å². The summed E-state index contributed by atoms with van der Waals surface area (Å²) in [4.78, 5) is 27.7. The van der Waals surface area contributed by atoms with Crippen molar-refractivity contribution < 1.29 is 18.0 Å². The maximum absolute atomic E-state index is 13.5. The van der Waals surface area contributed by atoms with E-state index in [1.54, 1.807) is 24.3 Å². The lowest BCUT2D eigenvalue weighted by Crippen LogP contribution is -2.52. The van der Waals surface area contributed by atoms with Crippen molar-refractivity contribution in [3.63, 3.8) is 0 Å². The van der Waals surface area contributed by atoms with E-state index in [4.69, 9.17) is 0 Å². The number of sulfonamides is 1. The summed E-state index contributed by atoms with van der Waals surface area (Å²) in [6.45, 7) is 7.78. The summed E-state index contributed by atoms with van der Waals surface area (Å²) < 4.78 is 26.2. The van der Waals surface area contributed by atoms with Crippen LogP contribution in [0.15, 0.2) is 48.5 Å². The van der Waals surface area contributed by atoms with Gasteiger partial charge in [0.15, 0.2) is 0 Å². The van der Waals surface area contributed by atoms with Gasteiger partial charge in [0.25, 0.3) is 0 Å². The molecule has 32 heavy (non-hydrogen) atoms. The lowest BCUT2D eigenvalue weighted by atomic mass is 10.1. The van der Waals surface area contributed by atoms with E-state index in [-0.39, 0.29) is 19.0 Å². The number of aryl methyl sites for hydroxylation is 2. The second kappa shape index (κ2) is 11.1. The number of likely N-dealkylation sites (N-methyl/N-ethyl adjacent to an activating group) is 1. The Bertz CT molecular complexity index is 1040. The Labute approximate surface area is 191 Å². The molecule has 2 aromatic carbocycles. The molecule has 0 saturated heterocycles. The number of carbonyl (C=O) groups excluding carboxylic acids is 2. The van der Waals surface area contributed by atoms with Crippen LogP contribution in [0.2, 0.25) is 0 Å². The zero-order valence-electron chi connectivity index (χ0n) is 19.5. The molecule has 0 aliphatic heterocycles. The second-order valence-electron chi connectivity index (χ2n) is 7.87. The van der Waals surface area contributed by atoms with Crippen LogP contribution < -0.4 is 9.62 Å². The number of hydrogen-bond donors (Lipinski definition) is 1. The van der Waals surface area contributed by atoms with Crippen molar-refractivity contribution in [2.75, 3.05) is 23.7 Å². The van der Waals surface area contributed by atoms with Crippen LogP contribution in [0.1, 0.15) is 37.0 Å². The highest BCUT2D eigenvalue weighted by atomic mass is 32.2. The van der Waals surface area contributed by atoms with Crippen LogP contribution >= 0.6 is 0 Å². The molecule has 7 nitrogen and oxygen atoms in total. The predicted molar refractivity (Wildman–Crippen MR) is 128 cm³/mol. The van der Waals surface area contributed by atoms with Crippen LogP contribution in [0, 0.1) is 13.8 Å². The third-order valence-electron chi connectivity index (χ3n) is 5.34. The van der Waals surface area contributed by atoms with Crippen molar-refractivity contribution in [2.45, 2.75) is 46.7 Å². The minimum Gasteiger partial charge on any atom is -0.355 e. The van der Waals surface area contributed by atoms with Crippen molar-refractivity contribution in [3.05, 3.63) is 65.2 Å². The number of carbonyl (C=O) groups is 2. The van der Waals surface area contributed by atoms with Gasteiger partial charge >= 0.3 is 0 Å². The van der Waals surface area contributed by atoms with Gasteiger partial charge in [-0.15, -0.1) is 0 Å². The van der Waals surface area contributed by atoms with E-state index in [9.17, 15) is 18.0 Å². The lowest BCUT2D eigenvalue weighted by molar-refractivity contribution is -0.140. The minimum atomic E-state index is -3.72. The molecule has 2 aromatic rings. The Morgan fingerprint density at radius 1 is 1.00 bits per heavy atom. The molecule has 1 N–H and O–H groups in total. The van der Waals surface area contributed by atoms with E-state index in [1.807, 2.05) is 52.0 Å². The van der Waals surface area contributed by atoms with Gasteiger partial charge in [0.2, 0.25) is 21.8 Å². The number of anilines is 1. The van der Waals surface area contributed by atoms with Crippen molar-refractivity contribution in [3.8, 4) is 0 Å². The SMILES string of the molecule is CCNC(=O)[C@H](CC)N(Cc1ccccc1C)C(=O)CN(c1ccc(C)cc1)S(C)(=O)=O. The summed E-state index contributed by atoms with van der Waals surface area (Å²) in [5.74, 6) is -0.685. The van der Waals surface area contributed by atoms with Gasteiger partial charge in [0.05, 0.1) is 11.9 Å². The first-order valence-electron chi connectivity index (χ1n) is 10.7. The standard InChI is InChI=1S/C24H33N3O4S/c1-6-22(24(29)25-7-2)26(16-20-11-9-8-10-19(20)4)23(28)17-27(32(5,30)31)21-14-12-18(3)13-15-21/h8-15,22H,6-7,16-17H2,1-5H3,(H,25,29)/t22-/m0/s1. The molecule has 174 valence electrons. The number of amides is 2. The molecule has 0 fully saturated rings. The van der Waals surface area contributed by atoms with Gasteiger partial charge < -0.3 is 10.2 Å². The summed E-state index contributed by atoms with van der Waals surface area (Å²) in [5, 5.41) is 2.79. The topological polar surface area (TPSA) is 86.8 Å². The van der Waals surface area contributed by atoms with Gasteiger partial charge in [-0.25, -0.2) is 8.42 Å². The summed E-state index contributed by atoms with van der Waals surface area (Å²) >= 11 is 0. The molecule has 2 rings (SSSR count). The van der Waals surface area contributed by atoms with E-state index >= 15 is 0 Å². The van der Waals surface area contributed by atoms with Gasteiger partial charge in [-0.1, -0.05) is 48.9 Å². The van der Waals surface area contributed by atoms with Crippen molar-refractivity contribution in [1.29, 1.82) is 0 Å². The predicted octanol–water partition coefficient (Wildman–Crippen LogP) is 3.01. The van der Waals surface area contributed by atoms with E-state index < -0.39 is 22.0 Å². The fourth-order valence-corrected chi connectivity index (χ4v) is 4.36. The first-order valence-corrected chi connectivity index (χ1v) is 12.6. The van der Waals surface area contributed by atoms with E-state index in [2.05, 4.69) is 5.32 Å². The number of nitrogens with zero attached hydrogens (tertiary/aromatic N) is 2. The maximum atomic E-state index is 13.5. The smallest absolute Gasteiger partial charge is 0.244 e. The highest BCUT2D eigenvalue weighted by Crippen LogP contribution is 2.21. The molecule has 0 aliphatic carbocycles. The summed E-state index contributed by atoms with van der Waals surface area (Å²) in [7, 11) is -3.72. The van der Waals surface area contributed by atoms with Crippen LogP contribution in [-0.2, 0) is 26.2 Å². The fourth-order valence-electron chi connectivity index (χ4n) is 3.51. The summed E-state index contributed by atoms with van der Waals surface area (Å²) in [6.07, 6.45) is 1.49. The minimum absolute atomic E-state index is 0.215. The monoisotopic (exact) mass is 459 g/mol. The van der Waals surface area contributed by atoms with Gasteiger partial charge in [-0.05, 0) is 50.5 Å². The van der Waals surface area contributed by atoms with E-state index in [0.29, 0.717) is 18.7 Å². The average molecular weight is 460 g/mol. The Morgan fingerprint density at radius 3 is 2.16 bits per heavy atom. The zero-order valence-corrected chi connectivity index (χ0v) is 20.3. The average Bonchev–Trinajstić information content (AvgIpc) is 2.73. The van der Waals surface area contributed by atoms with Gasteiger partial charge in [0, 0.05) is 13.1 Å². The second-order valence-corrected chi connectivity index (χ2v) is 9.78.